The number of hydrogen-bond acceptors (Lipinski definition) is 3. The van der Waals surface area contributed by atoms with Crippen molar-refractivity contribution < 1.29 is 9.90 Å². The van der Waals surface area contributed by atoms with Crippen LogP contribution in [-0.4, -0.2) is 41.5 Å². The first kappa shape index (κ1) is 23.5. The van der Waals surface area contributed by atoms with Gasteiger partial charge in [0.05, 0.1) is 5.60 Å². The third kappa shape index (κ3) is 3.56. The molecule has 5 aliphatic carbocycles. The van der Waals surface area contributed by atoms with Crippen LogP contribution in [0.1, 0.15) is 91.4 Å². The van der Waals surface area contributed by atoms with Gasteiger partial charge in [0.15, 0.2) is 5.78 Å². The van der Waals surface area contributed by atoms with Gasteiger partial charge in [-0.05, 0) is 126 Å². The van der Waals surface area contributed by atoms with Gasteiger partial charge in [-0.25, -0.2) is 0 Å². The molecular weight excluding hydrogens is 406 g/mol. The van der Waals surface area contributed by atoms with Crippen molar-refractivity contribution in [1.82, 2.24) is 4.90 Å². The van der Waals surface area contributed by atoms with Gasteiger partial charge < -0.3 is 10.0 Å². The van der Waals surface area contributed by atoms with Gasteiger partial charge in [-0.3, -0.25) is 4.79 Å². The van der Waals surface area contributed by atoms with E-state index in [-0.39, 0.29) is 10.8 Å². The van der Waals surface area contributed by atoms with Crippen molar-refractivity contribution >= 4 is 5.78 Å². The molecule has 182 valence electrons. The summed E-state index contributed by atoms with van der Waals surface area (Å²) in [5.41, 5.74) is 4.19. The second-order valence-electron chi connectivity index (χ2n) is 12.8. The summed E-state index contributed by atoms with van der Waals surface area (Å²) in [5.74, 6) is 1.98. The largest absolute Gasteiger partial charge is 0.385 e. The van der Waals surface area contributed by atoms with E-state index in [1.165, 1.54) is 31.3 Å². The molecule has 3 heteroatoms. The summed E-state index contributed by atoms with van der Waals surface area (Å²) >= 11 is 0. The first-order valence-corrected chi connectivity index (χ1v) is 13.6. The predicted octanol–water partition coefficient (Wildman–Crippen LogP) is 6.24. The van der Waals surface area contributed by atoms with Crippen LogP contribution in [0.3, 0.4) is 0 Å². The Labute approximate surface area is 201 Å². The summed E-state index contributed by atoms with van der Waals surface area (Å²) in [6.45, 7) is 7.04. The SMILES string of the molecule is C/C=C\[C@]1(O)CC[C@H]2[C@@H]3CCC4=CC(=O)CCC4=C3[C@@H](C3(C)CCC(N(C)C)CC3)C[C@@]21C. The molecule has 3 saturated carbocycles. The van der Waals surface area contributed by atoms with Crippen LogP contribution < -0.4 is 0 Å². The zero-order chi connectivity index (χ0) is 23.6. The monoisotopic (exact) mass is 451 g/mol. The zero-order valence-electron chi connectivity index (χ0n) is 21.6. The molecule has 0 aromatic heterocycles. The van der Waals surface area contributed by atoms with Gasteiger partial charge in [0, 0.05) is 17.9 Å². The van der Waals surface area contributed by atoms with E-state index < -0.39 is 5.60 Å². The Morgan fingerprint density at radius 3 is 2.42 bits per heavy atom. The van der Waals surface area contributed by atoms with Crippen molar-refractivity contribution in [3.63, 3.8) is 0 Å². The maximum absolute atomic E-state index is 12.3. The van der Waals surface area contributed by atoms with E-state index in [0.717, 1.165) is 38.5 Å². The third-order valence-corrected chi connectivity index (χ3v) is 11.1. The van der Waals surface area contributed by atoms with Crippen LogP contribution in [0.15, 0.2) is 34.9 Å². The lowest BCUT2D eigenvalue weighted by atomic mass is 9.46. The average Bonchev–Trinajstić information content (AvgIpc) is 3.03. The molecule has 0 aliphatic heterocycles. The maximum Gasteiger partial charge on any atom is 0.156 e. The van der Waals surface area contributed by atoms with E-state index in [4.69, 9.17) is 0 Å². The number of nitrogens with zero attached hydrogens (tertiary/aromatic N) is 1. The van der Waals surface area contributed by atoms with Gasteiger partial charge in [0.25, 0.3) is 0 Å². The van der Waals surface area contributed by atoms with Crippen molar-refractivity contribution in [2.75, 3.05) is 14.1 Å². The van der Waals surface area contributed by atoms with Crippen LogP contribution in [-0.2, 0) is 4.79 Å². The lowest BCUT2D eigenvalue weighted by Gasteiger charge is -2.59. The van der Waals surface area contributed by atoms with Crippen LogP contribution in [0.2, 0.25) is 0 Å². The molecule has 33 heavy (non-hydrogen) atoms. The number of ketones is 1. The highest BCUT2D eigenvalue weighted by atomic mass is 16.3. The average molecular weight is 452 g/mol. The van der Waals surface area contributed by atoms with Crippen molar-refractivity contribution in [3.8, 4) is 0 Å². The normalized spacial score (nSPS) is 45.8. The number of allylic oxidation sites excluding steroid dienone is 5. The minimum atomic E-state index is -0.684. The molecule has 0 radical (unpaired) electrons. The van der Waals surface area contributed by atoms with Crippen molar-refractivity contribution in [2.24, 2.45) is 28.6 Å². The highest BCUT2D eigenvalue weighted by Gasteiger charge is 2.63. The fraction of sp³-hybridized carbons (Fsp3) is 0.767. The van der Waals surface area contributed by atoms with Gasteiger partial charge in [-0.15, -0.1) is 0 Å². The fourth-order valence-electron chi connectivity index (χ4n) is 9.00. The molecule has 0 saturated heterocycles. The fourth-order valence-corrected chi connectivity index (χ4v) is 9.00. The molecule has 0 amide bonds. The van der Waals surface area contributed by atoms with Crippen LogP contribution in [0, 0.1) is 28.6 Å². The molecule has 0 unspecified atom stereocenters. The Kier molecular flexibility index (Phi) is 5.85. The maximum atomic E-state index is 12.3. The van der Waals surface area contributed by atoms with Crippen molar-refractivity contribution in [2.45, 2.75) is 103 Å². The first-order valence-electron chi connectivity index (χ1n) is 13.6. The topological polar surface area (TPSA) is 40.5 Å². The third-order valence-electron chi connectivity index (χ3n) is 11.1. The minimum Gasteiger partial charge on any atom is -0.385 e. The Morgan fingerprint density at radius 1 is 1.03 bits per heavy atom. The Balaban J connectivity index is 1.61. The summed E-state index contributed by atoms with van der Waals surface area (Å²) in [4.78, 5) is 14.7. The molecule has 0 aromatic rings. The highest BCUT2D eigenvalue weighted by Crippen LogP contribution is 2.68. The minimum absolute atomic E-state index is 0.0635. The van der Waals surface area contributed by atoms with Gasteiger partial charge in [-0.2, -0.15) is 0 Å². The number of fused-ring (bicyclic) bond motifs is 4. The lowest BCUT2D eigenvalue weighted by Crippen LogP contribution is -2.54. The Hall–Kier alpha value is -1.19. The van der Waals surface area contributed by atoms with Gasteiger partial charge >= 0.3 is 0 Å². The van der Waals surface area contributed by atoms with Crippen molar-refractivity contribution in [3.05, 3.63) is 34.9 Å². The molecule has 5 atom stereocenters. The van der Waals surface area contributed by atoms with Gasteiger partial charge in [0.2, 0.25) is 0 Å². The summed E-state index contributed by atoms with van der Waals surface area (Å²) < 4.78 is 0. The van der Waals surface area contributed by atoms with E-state index in [1.54, 1.807) is 11.1 Å². The van der Waals surface area contributed by atoms with E-state index in [1.807, 2.05) is 6.08 Å². The zero-order valence-corrected chi connectivity index (χ0v) is 21.6. The number of aliphatic hydroxyl groups is 1. The van der Waals surface area contributed by atoms with Crippen LogP contribution in [0.25, 0.3) is 0 Å². The molecule has 0 aromatic carbocycles. The summed E-state index contributed by atoms with van der Waals surface area (Å²) in [6, 6.07) is 0.694. The van der Waals surface area contributed by atoms with E-state index in [0.29, 0.717) is 36.0 Å². The second-order valence-corrected chi connectivity index (χ2v) is 12.8. The molecule has 5 aliphatic rings. The smallest absolute Gasteiger partial charge is 0.156 e. The van der Waals surface area contributed by atoms with E-state index in [9.17, 15) is 9.90 Å². The Morgan fingerprint density at radius 2 is 1.76 bits per heavy atom. The molecule has 1 N–H and O–H groups in total. The molecule has 0 heterocycles. The number of hydrogen-bond donors (Lipinski definition) is 1. The van der Waals surface area contributed by atoms with Crippen LogP contribution in [0.4, 0.5) is 0 Å². The predicted molar refractivity (Wildman–Crippen MR) is 135 cm³/mol. The van der Waals surface area contributed by atoms with Gasteiger partial charge in [-0.1, -0.05) is 31.6 Å². The molecule has 0 bridgehead atoms. The van der Waals surface area contributed by atoms with E-state index >= 15 is 0 Å². The van der Waals surface area contributed by atoms with Gasteiger partial charge in [0.1, 0.15) is 0 Å². The molecular formula is C30H45NO2. The highest BCUT2D eigenvalue weighted by molar-refractivity contribution is 5.93. The summed E-state index contributed by atoms with van der Waals surface area (Å²) in [7, 11) is 4.46. The second kappa shape index (κ2) is 8.19. The molecule has 3 nitrogen and oxygen atoms in total. The number of carbonyl (C=O) groups excluding carboxylic acids is 1. The standard InChI is InChI=1S/C30H45NO2/c1-6-14-30(33)17-13-25-24-9-7-20-18-22(32)8-10-23(20)27(24)26(19-29(25,30)3)28(2)15-11-21(12-16-28)31(4)5/h6,14,18,21,24-26,33H,7-13,15-17,19H2,1-5H3/b14-6-/t21?,24-,25-,26-,28?,29-,30-/m0/s1. The Bertz CT molecular complexity index is 902. The van der Waals surface area contributed by atoms with E-state index in [2.05, 4.69) is 51.9 Å². The molecule has 0 spiro atoms. The quantitative estimate of drug-likeness (QED) is 0.517. The number of carbonyl (C=O) groups is 1. The summed E-state index contributed by atoms with van der Waals surface area (Å²) in [6.07, 6.45) is 18.2. The van der Waals surface area contributed by atoms with Crippen LogP contribution >= 0.6 is 0 Å². The summed E-state index contributed by atoms with van der Waals surface area (Å²) in [5, 5.41) is 12.0. The lowest BCUT2D eigenvalue weighted by molar-refractivity contribution is -0.114. The molecule has 3 fully saturated rings. The van der Waals surface area contributed by atoms with Crippen molar-refractivity contribution in [1.29, 1.82) is 0 Å². The first-order chi connectivity index (χ1) is 15.6. The number of rotatable bonds is 3. The molecule has 5 rings (SSSR count). The van der Waals surface area contributed by atoms with Crippen LogP contribution in [0.5, 0.6) is 0 Å².